The van der Waals surface area contributed by atoms with E-state index in [1.807, 2.05) is 30.6 Å². The van der Waals surface area contributed by atoms with E-state index in [1.54, 1.807) is 0 Å². The van der Waals surface area contributed by atoms with Gasteiger partial charge in [-0.05, 0) is 113 Å². The van der Waals surface area contributed by atoms with Crippen LogP contribution in [0, 0.1) is 0 Å². The molecule has 0 amide bonds. The Bertz CT molecular complexity index is 2400. The lowest BCUT2D eigenvalue weighted by Gasteiger charge is -2.24. The minimum Gasteiger partial charge on any atom is -0.326 e. The van der Waals surface area contributed by atoms with Gasteiger partial charge in [-0.15, -0.1) is 0 Å². The van der Waals surface area contributed by atoms with Gasteiger partial charge in [0.25, 0.3) is 0 Å². The maximum absolute atomic E-state index is 6.14. The van der Waals surface area contributed by atoms with Gasteiger partial charge in [-0.2, -0.15) is 0 Å². The highest BCUT2D eigenvalue weighted by Gasteiger charge is 2.37. The van der Waals surface area contributed by atoms with Gasteiger partial charge >= 0.3 is 0 Å². The summed E-state index contributed by atoms with van der Waals surface area (Å²) in [5.74, 6) is 0. The second-order valence-electron chi connectivity index (χ2n) is 13.5. The van der Waals surface area contributed by atoms with E-state index in [1.165, 1.54) is 77.2 Å². The Labute approximate surface area is 276 Å². The van der Waals surface area contributed by atoms with Crippen molar-refractivity contribution in [1.82, 2.24) is 0 Å². The zero-order chi connectivity index (χ0) is 31.7. The molecule has 0 atom stereocenters. The molecular weight excluding hydrogens is 569 g/mol. The molecule has 2 N–H and O–H groups in total. The van der Waals surface area contributed by atoms with Crippen molar-refractivity contribution in [3.63, 3.8) is 0 Å². The molecule has 0 saturated heterocycles. The van der Waals surface area contributed by atoms with Gasteiger partial charge in [0.15, 0.2) is 0 Å². The van der Waals surface area contributed by atoms with Gasteiger partial charge in [0.05, 0.1) is 0 Å². The normalized spacial score (nSPS) is 15.9. The van der Waals surface area contributed by atoms with Crippen molar-refractivity contribution < 1.29 is 0 Å². The number of nitrogens with two attached hydrogens (primary N) is 1. The predicted octanol–water partition coefficient (Wildman–Crippen LogP) is 11.1. The quantitative estimate of drug-likeness (QED) is 0.154. The van der Waals surface area contributed by atoms with Crippen molar-refractivity contribution in [1.29, 1.82) is 0 Å². The Balaban J connectivity index is 1.18. The van der Waals surface area contributed by atoms with Crippen LogP contribution in [0.25, 0.3) is 66.1 Å². The van der Waals surface area contributed by atoms with E-state index >= 15 is 0 Å². The topological polar surface area (TPSA) is 38.4 Å². The third-order valence-electron chi connectivity index (χ3n) is 10.7. The van der Waals surface area contributed by atoms with E-state index in [9.17, 15) is 0 Å². The van der Waals surface area contributed by atoms with Crippen molar-refractivity contribution in [3.8, 4) is 33.4 Å². The maximum Gasteiger partial charge on any atom is 0.0352 e. The third kappa shape index (κ3) is 4.18. The predicted molar refractivity (Wildman–Crippen MR) is 201 cm³/mol. The molecule has 0 aliphatic heterocycles. The molecule has 0 spiro atoms. The van der Waals surface area contributed by atoms with Crippen LogP contribution < -0.4 is 5.73 Å². The Kier molecular flexibility index (Phi) is 6.32. The lowest BCUT2D eigenvalue weighted by atomic mass is 9.79. The number of nitrogens with zero attached hydrogens (tertiary/aromatic N) is 1. The molecule has 226 valence electrons. The molecule has 0 aromatic heterocycles. The summed E-state index contributed by atoms with van der Waals surface area (Å²) >= 11 is 0. The average molecular weight is 605 g/mol. The van der Waals surface area contributed by atoms with Gasteiger partial charge in [0, 0.05) is 29.9 Å². The van der Waals surface area contributed by atoms with Gasteiger partial charge in [0.2, 0.25) is 0 Å². The van der Waals surface area contributed by atoms with Crippen LogP contribution in [0.15, 0.2) is 138 Å². The molecular formula is C45H36N2. The molecule has 3 aliphatic rings. The number of aliphatic imine (C=N–C) groups is 1. The van der Waals surface area contributed by atoms with Crippen LogP contribution in [0.2, 0.25) is 0 Å². The van der Waals surface area contributed by atoms with Crippen LogP contribution in [0.1, 0.15) is 48.9 Å². The van der Waals surface area contributed by atoms with Gasteiger partial charge in [-0.3, -0.25) is 4.99 Å². The van der Waals surface area contributed by atoms with E-state index in [2.05, 4.69) is 117 Å². The SMILES string of the molecule is CC1(C)C2=C(CCC=C2)c2ccc(-c3ccc4c(c3)-c3cccc5c(C=N/C=C(\CN)c6ccccc6)c6ccccc6c-4c35)cc21. The fraction of sp³-hybridized carbons (Fsp3) is 0.133. The number of hydrogen-bond acceptors (Lipinski definition) is 2. The second kappa shape index (κ2) is 10.6. The van der Waals surface area contributed by atoms with E-state index in [0.29, 0.717) is 6.54 Å². The molecule has 9 rings (SSSR count). The third-order valence-corrected chi connectivity index (χ3v) is 10.7. The van der Waals surface area contributed by atoms with Crippen LogP contribution in [0.5, 0.6) is 0 Å². The van der Waals surface area contributed by atoms with E-state index in [0.717, 1.165) is 29.5 Å². The van der Waals surface area contributed by atoms with Gasteiger partial charge in [0.1, 0.15) is 0 Å². The molecule has 0 bridgehead atoms. The summed E-state index contributed by atoms with van der Waals surface area (Å²) in [6, 6.07) is 40.0. The fourth-order valence-electron chi connectivity index (χ4n) is 8.35. The average Bonchev–Trinajstić information content (AvgIpc) is 3.57. The van der Waals surface area contributed by atoms with Crippen LogP contribution in [-0.2, 0) is 5.41 Å². The van der Waals surface area contributed by atoms with E-state index in [-0.39, 0.29) is 5.41 Å². The number of allylic oxidation sites excluding steroid dienone is 4. The summed E-state index contributed by atoms with van der Waals surface area (Å²) in [7, 11) is 0. The Hall–Kier alpha value is -5.31. The summed E-state index contributed by atoms with van der Waals surface area (Å²) in [5.41, 5.74) is 23.1. The van der Waals surface area contributed by atoms with E-state index < -0.39 is 0 Å². The highest BCUT2D eigenvalue weighted by molar-refractivity contribution is 6.29. The summed E-state index contributed by atoms with van der Waals surface area (Å²) in [4.78, 5) is 4.86. The molecule has 3 aliphatic carbocycles. The first-order chi connectivity index (χ1) is 23.0. The molecule has 0 saturated carbocycles. The summed E-state index contributed by atoms with van der Waals surface area (Å²) in [5, 5.41) is 5.01. The highest BCUT2D eigenvalue weighted by Crippen LogP contribution is 2.54. The standard InChI is InChI=1S/C45H36N2/c1-45(2)41-18-9-8-14-33(41)34-21-19-30(24-42(34)45)29-20-22-38-39(23-29)36-16-10-17-37-40(32-13-6-7-15-35(32)43(38)44(36)37)27-47-26-31(25-46)28-11-4-3-5-12-28/h3-7,9-13,15-24,26-27H,8,14,25,46H2,1-2H3/b31-26+,47-27?. The van der Waals surface area contributed by atoms with Crippen molar-refractivity contribution in [2.75, 3.05) is 6.54 Å². The summed E-state index contributed by atoms with van der Waals surface area (Å²) in [6.07, 6.45) is 10.9. The first-order valence-electron chi connectivity index (χ1n) is 16.7. The molecule has 0 fully saturated rings. The Morgan fingerprint density at radius 2 is 1.49 bits per heavy atom. The highest BCUT2D eigenvalue weighted by atomic mass is 14.7. The molecule has 0 radical (unpaired) electrons. The monoisotopic (exact) mass is 604 g/mol. The smallest absolute Gasteiger partial charge is 0.0352 e. The molecule has 2 heteroatoms. The maximum atomic E-state index is 6.14. The molecule has 6 aromatic rings. The van der Waals surface area contributed by atoms with Crippen molar-refractivity contribution in [2.45, 2.75) is 32.1 Å². The molecule has 47 heavy (non-hydrogen) atoms. The van der Waals surface area contributed by atoms with Crippen LogP contribution in [0.3, 0.4) is 0 Å². The summed E-state index contributed by atoms with van der Waals surface area (Å²) in [6.45, 7) is 5.20. The minimum atomic E-state index is 0.0220. The van der Waals surface area contributed by atoms with Crippen LogP contribution in [0.4, 0.5) is 0 Å². The number of hydrogen-bond donors (Lipinski definition) is 1. The second-order valence-corrected chi connectivity index (χ2v) is 13.5. The lowest BCUT2D eigenvalue weighted by Crippen LogP contribution is -2.16. The Morgan fingerprint density at radius 3 is 2.32 bits per heavy atom. The van der Waals surface area contributed by atoms with Crippen LogP contribution >= 0.6 is 0 Å². The van der Waals surface area contributed by atoms with Gasteiger partial charge in [-0.25, -0.2) is 0 Å². The fourth-order valence-corrected chi connectivity index (χ4v) is 8.35. The largest absolute Gasteiger partial charge is 0.326 e. The molecule has 2 nitrogen and oxygen atoms in total. The zero-order valence-electron chi connectivity index (χ0n) is 26.8. The molecule has 0 unspecified atom stereocenters. The first kappa shape index (κ1) is 28.0. The van der Waals surface area contributed by atoms with Crippen LogP contribution in [-0.4, -0.2) is 12.8 Å². The van der Waals surface area contributed by atoms with Gasteiger partial charge in [-0.1, -0.05) is 123 Å². The van der Waals surface area contributed by atoms with Gasteiger partial charge < -0.3 is 5.73 Å². The zero-order valence-corrected chi connectivity index (χ0v) is 26.8. The van der Waals surface area contributed by atoms with Crippen molar-refractivity contribution in [2.24, 2.45) is 10.7 Å². The number of fused-ring (bicyclic) bond motifs is 7. The van der Waals surface area contributed by atoms with Crippen molar-refractivity contribution >= 4 is 38.9 Å². The Morgan fingerprint density at radius 1 is 0.745 bits per heavy atom. The minimum absolute atomic E-state index is 0.0220. The molecule has 0 heterocycles. The van der Waals surface area contributed by atoms with E-state index in [4.69, 9.17) is 10.7 Å². The number of rotatable bonds is 5. The number of benzene rings is 6. The summed E-state index contributed by atoms with van der Waals surface area (Å²) < 4.78 is 0. The van der Waals surface area contributed by atoms with Crippen molar-refractivity contribution in [3.05, 3.63) is 155 Å². The lowest BCUT2D eigenvalue weighted by molar-refractivity contribution is 0.651. The molecule has 6 aromatic carbocycles. The first-order valence-corrected chi connectivity index (χ1v) is 16.7.